The Balaban J connectivity index is 1.41. The number of amides is 3. The maximum absolute atomic E-state index is 13.2. The number of hydrogen-bond donors (Lipinski definition) is 2. The van der Waals surface area contributed by atoms with Gasteiger partial charge >= 0.3 is 11.9 Å². The summed E-state index contributed by atoms with van der Waals surface area (Å²) < 4.78 is 10.1. The van der Waals surface area contributed by atoms with E-state index in [1.54, 1.807) is 6.92 Å². The monoisotopic (exact) mass is 618 g/mol. The number of nitrogens with zero attached hydrogens (tertiary/aromatic N) is 4. The van der Waals surface area contributed by atoms with E-state index in [0.717, 1.165) is 11.3 Å². The summed E-state index contributed by atoms with van der Waals surface area (Å²) in [5.41, 5.74) is 0.0699. The Bertz CT molecular complexity index is 1460. The van der Waals surface area contributed by atoms with Crippen LogP contribution in [0.25, 0.3) is 0 Å². The number of esters is 2. The van der Waals surface area contributed by atoms with Gasteiger partial charge in [0.25, 0.3) is 17.5 Å². The molecule has 1 aromatic carbocycles. The van der Waals surface area contributed by atoms with Crippen LogP contribution in [-0.4, -0.2) is 81.1 Å². The molecule has 2 aliphatic heterocycles. The highest BCUT2D eigenvalue weighted by Gasteiger charge is 2.53. The molecule has 0 radical (unpaired) electrons. The summed E-state index contributed by atoms with van der Waals surface area (Å²) in [7, 11) is 0. The van der Waals surface area contributed by atoms with Crippen molar-refractivity contribution < 1.29 is 43.2 Å². The van der Waals surface area contributed by atoms with E-state index in [4.69, 9.17) is 14.3 Å². The lowest BCUT2D eigenvalue weighted by Crippen LogP contribution is -2.70. The molecule has 18 heteroatoms. The van der Waals surface area contributed by atoms with E-state index in [2.05, 4.69) is 20.8 Å². The number of oxime groups is 1. The van der Waals surface area contributed by atoms with Gasteiger partial charge in [0.05, 0.1) is 11.5 Å². The third-order valence-corrected chi connectivity index (χ3v) is 7.60. The van der Waals surface area contributed by atoms with Crippen LogP contribution in [0.5, 0.6) is 0 Å². The van der Waals surface area contributed by atoms with Crippen molar-refractivity contribution in [2.75, 3.05) is 24.3 Å². The molecule has 1 fully saturated rings. The number of nitrogens with one attached hydrogen (secondary N) is 2. The fraction of sp³-hybridized carbons (Fsp3) is 0.292. The molecule has 42 heavy (non-hydrogen) atoms. The molecule has 16 nitrogen and oxygen atoms in total. The van der Waals surface area contributed by atoms with Crippen molar-refractivity contribution in [2.24, 2.45) is 5.16 Å². The van der Waals surface area contributed by atoms with E-state index in [-0.39, 0.29) is 41.1 Å². The molecule has 2 atom stereocenters. The van der Waals surface area contributed by atoms with Crippen LogP contribution in [0.1, 0.15) is 18.2 Å². The Labute approximate surface area is 245 Å². The Kier molecular flexibility index (Phi) is 9.81. The van der Waals surface area contributed by atoms with E-state index in [0.29, 0.717) is 17.7 Å². The zero-order valence-electron chi connectivity index (χ0n) is 21.7. The number of carbonyl (C=O) groups excluding carboxylic acids is 5. The number of aromatic nitrogens is 1. The van der Waals surface area contributed by atoms with Crippen molar-refractivity contribution in [3.63, 3.8) is 0 Å². The zero-order chi connectivity index (χ0) is 30.2. The summed E-state index contributed by atoms with van der Waals surface area (Å²) in [6.07, 6.45) is 1.93. The van der Waals surface area contributed by atoms with Gasteiger partial charge in [-0.05, 0) is 30.7 Å². The Morgan fingerprint density at radius 2 is 2.02 bits per heavy atom. The Hall–Kier alpha value is -4.84. The summed E-state index contributed by atoms with van der Waals surface area (Å²) in [5, 5.41) is 20.4. The molecule has 0 bridgehead atoms. The van der Waals surface area contributed by atoms with Crippen LogP contribution in [0.4, 0.5) is 10.8 Å². The minimum Gasteiger partial charge on any atom is -0.463 e. The van der Waals surface area contributed by atoms with E-state index in [1.807, 2.05) is 0 Å². The highest BCUT2D eigenvalue weighted by Crippen LogP contribution is 2.38. The number of non-ortho nitro benzene ring substituents is 1. The topological polar surface area (TPSA) is 209 Å². The first-order valence-electron chi connectivity index (χ1n) is 12.1. The molecule has 0 spiro atoms. The number of nitro benzene ring substituents is 1. The average molecular weight is 619 g/mol. The quantitative estimate of drug-likeness (QED) is 0.0802. The van der Waals surface area contributed by atoms with Crippen molar-refractivity contribution >= 4 is 69.8 Å². The number of hydrogen-bond acceptors (Lipinski definition) is 14. The van der Waals surface area contributed by atoms with Crippen molar-refractivity contribution in [3.05, 3.63) is 62.8 Å². The van der Waals surface area contributed by atoms with Crippen molar-refractivity contribution in [3.8, 4) is 0 Å². The lowest BCUT2D eigenvalue weighted by Gasteiger charge is -2.48. The van der Waals surface area contributed by atoms with Gasteiger partial charge in [-0.2, -0.15) is 0 Å². The fourth-order valence-corrected chi connectivity index (χ4v) is 5.58. The predicted molar refractivity (Wildman–Crippen MR) is 147 cm³/mol. The zero-order valence-corrected chi connectivity index (χ0v) is 23.3. The predicted octanol–water partition coefficient (Wildman–Crippen LogP) is 0.931. The molecular formula is C24H22N6O10S2. The van der Waals surface area contributed by atoms with Gasteiger partial charge in [-0.1, -0.05) is 5.16 Å². The molecule has 0 saturated carbocycles. The van der Waals surface area contributed by atoms with Crippen LogP contribution >= 0.6 is 23.1 Å². The number of fused-ring (bicyclic) bond motifs is 1. The molecule has 3 heterocycles. The SMILES string of the molecule is CCOC(=O)CON=C(C(=O)NC1C(=O)N2C(C(=O)OCc3ccc([N+](=O)[O-])cc3)=CCS[C@H]12)c1csc(NC=O)n1. The van der Waals surface area contributed by atoms with Crippen LogP contribution in [0.2, 0.25) is 0 Å². The van der Waals surface area contributed by atoms with Crippen LogP contribution in [0.15, 0.2) is 46.6 Å². The molecule has 3 amide bonds. The van der Waals surface area contributed by atoms with Gasteiger partial charge in [0.1, 0.15) is 29.4 Å². The molecule has 1 aromatic heterocycles. The molecule has 2 aromatic rings. The average Bonchev–Trinajstić information content (AvgIpc) is 3.44. The Morgan fingerprint density at radius 1 is 1.26 bits per heavy atom. The number of ether oxygens (including phenoxy) is 2. The highest BCUT2D eigenvalue weighted by atomic mass is 32.2. The van der Waals surface area contributed by atoms with Crippen LogP contribution in [-0.2, 0) is 44.9 Å². The smallest absolute Gasteiger partial charge is 0.355 e. The fourth-order valence-electron chi connectivity index (χ4n) is 3.73. The Morgan fingerprint density at radius 3 is 2.71 bits per heavy atom. The number of thioether (sulfide) groups is 1. The van der Waals surface area contributed by atoms with Gasteiger partial charge in [0.15, 0.2) is 10.8 Å². The first-order valence-corrected chi connectivity index (χ1v) is 14.0. The van der Waals surface area contributed by atoms with Gasteiger partial charge in [-0.15, -0.1) is 23.1 Å². The third kappa shape index (κ3) is 6.89. The van der Waals surface area contributed by atoms with E-state index in [1.165, 1.54) is 52.4 Å². The first-order chi connectivity index (χ1) is 20.2. The standard InChI is InChI=1S/C24H22N6O10S2/c1-2-38-17(32)10-40-28-18(15-11-42-24(26-15)25-12-31)20(33)27-19-21(34)29-16(7-8-41-22(19)29)23(35)39-9-13-3-5-14(6-4-13)30(36)37/h3-7,11-12,19,22H,2,8-10H2,1H3,(H,27,33)(H,25,26,31)/t19?,22-/m1/s1. The summed E-state index contributed by atoms with van der Waals surface area (Å²) in [4.78, 5) is 81.9. The normalized spacial score (nSPS) is 17.6. The third-order valence-electron chi connectivity index (χ3n) is 5.65. The number of β-lactam (4-membered cyclic amide) rings is 1. The number of nitro groups is 1. The highest BCUT2D eigenvalue weighted by molar-refractivity contribution is 8.00. The van der Waals surface area contributed by atoms with Crippen molar-refractivity contribution in [2.45, 2.75) is 24.9 Å². The second kappa shape index (κ2) is 13.7. The van der Waals surface area contributed by atoms with Gasteiger partial charge in [-0.3, -0.25) is 29.4 Å². The molecule has 1 saturated heterocycles. The largest absolute Gasteiger partial charge is 0.463 e. The van der Waals surface area contributed by atoms with Crippen molar-refractivity contribution in [1.29, 1.82) is 0 Å². The minimum atomic E-state index is -1.03. The summed E-state index contributed by atoms with van der Waals surface area (Å²) in [6.45, 7) is 0.970. The van der Waals surface area contributed by atoms with Crippen molar-refractivity contribution in [1.82, 2.24) is 15.2 Å². The van der Waals surface area contributed by atoms with Gasteiger partial charge < -0.3 is 24.9 Å². The molecule has 2 aliphatic rings. The molecular weight excluding hydrogens is 596 g/mol. The summed E-state index contributed by atoms with van der Waals surface area (Å²) >= 11 is 2.30. The second-order valence-electron chi connectivity index (χ2n) is 8.29. The first kappa shape index (κ1) is 30.1. The second-order valence-corrected chi connectivity index (χ2v) is 10.3. The maximum atomic E-state index is 13.2. The number of anilines is 1. The molecule has 2 N–H and O–H groups in total. The molecule has 0 aliphatic carbocycles. The van der Waals surface area contributed by atoms with E-state index in [9.17, 15) is 34.1 Å². The number of rotatable bonds is 13. The van der Waals surface area contributed by atoms with Gasteiger partial charge in [0, 0.05) is 23.3 Å². The maximum Gasteiger partial charge on any atom is 0.355 e. The molecule has 1 unspecified atom stereocenters. The van der Waals surface area contributed by atoms with Crippen LogP contribution < -0.4 is 10.6 Å². The lowest BCUT2D eigenvalue weighted by molar-refractivity contribution is -0.384. The summed E-state index contributed by atoms with van der Waals surface area (Å²) in [5.74, 6) is -2.57. The van der Waals surface area contributed by atoms with Gasteiger partial charge in [-0.25, -0.2) is 14.6 Å². The number of carbonyl (C=O) groups is 5. The molecule has 220 valence electrons. The number of thiazole rings is 1. The van der Waals surface area contributed by atoms with E-state index >= 15 is 0 Å². The van der Waals surface area contributed by atoms with Crippen LogP contribution in [0.3, 0.4) is 0 Å². The minimum absolute atomic E-state index is 0.00639. The summed E-state index contributed by atoms with van der Waals surface area (Å²) in [6, 6.07) is 4.44. The lowest BCUT2D eigenvalue weighted by atomic mass is 10.0. The number of benzene rings is 1. The van der Waals surface area contributed by atoms with E-state index < -0.39 is 46.7 Å². The van der Waals surface area contributed by atoms with Crippen LogP contribution in [0, 0.1) is 10.1 Å². The van der Waals surface area contributed by atoms with Gasteiger partial charge in [0.2, 0.25) is 13.0 Å². The molecule has 4 rings (SSSR count).